The highest BCUT2D eigenvalue weighted by molar-refractivity contribution is 5.37. The van der Waals surface area contributed by atoms with E-state index in [9.17, 15) is 4.79 Å². The Hall–Kier alpha value is -0.790. The van der Waals surface area contributed by atoms with Crippen molar-refractivity contribution in [1.82, 2.24) is 0 Å². The average Bonchev–Trinajstić information content (AvgIpc) is 2.54. The molecule has 1 aliphatic rings. The van der Waals surface area contributed by atoms with Gasteiger partial charge < -0.3 is 4.74 Å². The van der Waals surface area contributed by atoms with Crippen LogP contribution < -0.4 is 0 Å². The van der Waals surface area contributed by atoms with E-state index in [1.807, 2.05) is 13.0 Å². The van der Waals surface area contributed by atoms with Gasteiger partial charge in [-0.25, -0.2) is 0 Å². The van der Waals surface area contributed by atoms with Crippen molar-refractivity contribution < 1.29 is 9.53 Å². The van der Waals surface area contributed by atoms with Crippen LogP contribution in [0.3, 0.4) is 0 Å². The molecule has 2 nitrogen and oxygen atoms in total. The summed E-state index contributed by atoms with van der Waals surface area (Å²) < 4.78 is 4.95. The van der Waals surface area contributed by atoms with E-state index in [0.717, 1.165) is 12.3 Å². The molecule has 0 heterocycles. The van der Waals surface area contributed by atoms with Crippen molar-refractivity contribution in [2.45, 2.75) is 38.7 Å². The van der Waals surface area contributed by atoms with Gasteiger partial charge in [0.15, 0.2) is 0 Å². The van der Waals surface area contributed by atoms with Crippen molar-refractivity contribution in [3.8, 4) is 0 Å². The van der Waals surface area contributed by atoms with Crippen molar-refractivity contribution >= 4 is 6.47 Å². The van der Waals surface area contributed by atoms with Crippen LogP contribution in [-0.4, -0.2) is 12.6 Å². The van der Waals surface area contributed by atoms with Crippen LogP contribution in [0.1, 0.15) is 32.6 Å². The summed E-state index contributed by atoms with van der Waals surface area (Å²) >= 11 is 0. The molecule has 1 aliphatic carbocycles. The lowest BCUT2D eigenvalue weighted by Gasteiger charge is -2.16. The first-order chi connectivity index (χ1) is 6.27. The summed E-state index contributed by atoms with van der Waals surface area (Å²) in [6.45, 7) is 6.29. The average molecular weight is 182 g/mol. The molecule has 1 fully saturated rings. The van der Waals surface area contributed by atoms with Crippen LogP contribution in [0.25, 0.3) is 0 Å². The van der Waals surface area contributed by atoms with Crippen LogP contribution in [0.4, 0.5) is 0 Å². The fourth-order valence-electron chi connectivity index (χ4n) is 2.19. The molecule has 13 heavy (non-hydrogen) atoms. The molecule has 3 atom stereocenters. The van der Waals surface area contributed by atoms with Gasteiger partial charge in [-0.15, -0.1) is 6.58 Å². The Morgan fingerprint density at radius 2 is 2.38 bits per heavy atom. The molecule has 0 aromatic heterocycles. The number of rotatable bonds is 5. The first-order valence-corrected chi connectivity index (χ1v) is 4.98. The largest absolute Gasteiger partial charge is 0.465 e. The summed E-state index contributed by atoms with van der Waals surface area (Å²) in [7, 11) is 0. The van der Waals surface area contributed by atoms with E-state index in [1.165, 1.54) is 19.3 Å². The molecule has 1 saturated carbocycles. The Kier molecular flexibility index (Phi) is 4.00. The second-order valence-corrected chi connectivity index (χ2v) is 3.90. The van der Waals surface area contributed by atoms with Gasteiger partial charge >= 0.3 is 0 Å². The molecule has 0 amide bonds. The van der Waals surface area contributed by atoms with Gasteiger partial charge in [-0.2, -0.15) is 0 Å². The van der Waals surface area contributed by atoms with Crippen molar-refractivity contribution in [2.75, 3.05) is 0 Å². The van der Waals surface area contributed by atoms with Crippen LogP contribution in [0.15, 0.2) is 12.7 Å². The van der Waals surface area contributed by atoms with Gasteiger partial charge in [0.05, 0.1) is 0 Å². The van der Waals surface area contributed by atoms with E-state index >= 15 is 0 Å². The minimum absolute atomic E-state index is 0.0901. The fraction of sp³-hybridized carbons (Fsp3) is 0.727. The van der Waals surface area contributed by atoms with E-state index < -0.39 is 0 Å². The summed E-state index contributed by atoms with van der Waals surface area (Å²) in [6, 6.07) is 0. The summed E-state index contributed by atoms with van der Waals surface area (Å²) in [5.41, 5.74) is 0. The molecule has 74 valence electrons. The van der Waals surface area contributed by atoms with Gasteiger partial charge in [-0.05, 0) is 44.4 Å². The normalized spacial score (nSPS) is 29.6. The molecule has 0 bridgehead atoms. The monoisotopic (exact) mass is 182 g/mol. The lowest BCUT2D eigenvalue weighted by atomic mass is 9.98. The molecular formula is C11H18O2. The Bertz CT molecular complexity index is 177. The predicted molar refractivity (Wildman–Crippen MR) is 52.3 cm³/mol. The first-order valence-electron chi connectivity index (χ1n) is 4.98. The maximum absolute atomic E-state index is 10.1. The molecule has 0 radical (unpaired) electrons. The second kappa shape index (κ2) is 5.05. The second-order valence-electron chi connectivity index (χ2n) is 3.90. The van der Waals surface area contributed by atoms with Gasteiger partial charge in [0.1, 0.15) is 6.10 Å². The number of hydrogen-bond donors (Lipinski definition) is 0. The van der Waals surface area contributed by atoms with Crippen LogP contribution in [0.5, 0.6) is 0 Å². The third-order valence-corrected chi connectivity index (χ3v) is 3.02. The maximum Gasteiger partial charge on any atom is 0.293 e. The molecule has 3 unspecified atom stereocenters. The SMILES string of the molecule is C=CCC1CCC(C(C)OC=O)C1. The molecule has 0 aromatic carbocycles. The van der Waals surface area contributed by atoms with Gasteiger partial charge in [0.2, 0.25) is 0 Å². The van der Waals surface area contributed by atoms with Crippen LogP contribution >= 0.6 is 0 Å². The number of hydrogen-bond acceptors (Lipinski definition) is 2. The fourth-order valence-corrected chi connectivity index (χ4v) is 2.19. The van der Waals surface area contributed by atoms with Crippen LogP contribution in [0.2, 0.25) is 0 Å². The third kappa shape index (κ3) is 2.87. The van der Waals surface area contributed by atoms with Gasteiger partial charge in [-0.1, -0.05) is 6.08 Å². The zero-order valence-electron chi connectivity index (χ0n) is 8.24. The van der Waals surface area contributed by atoms with E-state index in [0.29, 0.717) is 12.4 Å². The van der Waals surface area contributed by atoms with Crippen molar-refractivity contribution in [1.29, 1.82) is 0 Å². The first kappa shape index (κ1) is 10.3. The lowest BCUT2D eigenvalue weighted by molar-refractivity contribution is -0.135. The standard InChI is InChI=1S/C11H18O2/c1-3-4-10-5-6-11(7-10)9(2)13-8-12/h3,8-11H,1,4-7H2,2H3. The van der Waals surface area contributed by atoms with Gasteiger partial charge in [0.25, 0.3) is 6.47 Å². The Morgan fingerprint density at radius 3 is 3.00 bits per heavy atom. The molecule has 2 heteroatoms. The molecule has 0 aromatic rings. The molecule has 1 rings (SSSR count). The van der Waals surface area contributed by atoms with E-state index in [1.54, 1.807) is 0 Å². The Balaban J connectivity index is 2.30. The van der Waals surface area contributed by atoms with E-state index in [-0.39, 0.29) is 6.10 Å². The van der Waals surface area contributed by atoms with Crippen LogP contribution in [-0.2, 0) is 9.53 Å². The van der Waals surface area contributed by atoms with Gasteiger partial charge in [-0.3, -0.25) is 4.79 Å². The van der Waals surface area contributed by atoms with Crippen molar-refractivity contribution in [3.63, 3.8) is 0 Å². The molecule has 0 N–H and O–H groups in total. The number of carbonyl (C=O) groups excluding carboxylic acids is 1. The zero-order valence-corrected chi connectivity index (χ0v) is 8.24. The highest BCUT2D eigenvalue weighted by Crippen LogP contribution is 2.35. The summed E-state index contributed by atoms with van der Waals surface area (Å²) in [5, 5.41) is 0. The molecule has 0 saturated heterocycles. The van der Waals surface area contributed by atoms with Crippen LogP contribution in [0, 0.1) is 11.8 Å². The smallest absolute Gasteiger partial charge is 0.293 e. The minimum Gasteiger partial charge on any atom is -0.465 e. The lowest BCUT2D eigenvalue weighted by Crippen LogP contribution is -2.17. The van der Waals surface area contributed by atoms with Crippen molar-refractivity contribution in [2.24, 2.45) is 11.8 Å². The van der Waals surface area contributed by atoms with E-state index in [4.69, 9.17) is 4.74 Å². The number of allylic oxidation sites excluding steroid dienone is 1. The number of ether oxygens (including phenoxy) is 1. The van der Waals surface area contributed by atoms with E-state index in [2.05, 4.69) is 6.58 Å². The third-order valence-electron chi connectivity index (χ3n) is 3.02. The van der Waals surface area contributed by atoms with Gasteiger partial charge in [0, 0.05) is 0 Å². The highest BCUT2D eigenvalue weighted by Gasteiger charge is 2.28. The maximum atomic E-state index is 10.1. The topological polar surface area (TPSA) is 26.3 Å². The van der Waals surface area contributed by atoms with Crippen molar-refractivity contribution in [3.05, 3.63) is 12.7 Å². The Labute approximate surface area is 80.0 Å². The minimum atomic E-state index is 0.0901. The Morgan fingerprint density at radius 1 is 1.62 bits per heavy atom. The molecular weight excluding hydrogens is 164 g/mol. The predicted octanol–water partition coefficient (Wildman–Crippen LogP) is 2.54. The highest BCUT2D eigenvalue weighted by atomic mass is 16.5. The summed E-state index contributed by atoms with van der Waals surface area (Å²) in [6.07, 6.45) is 6.80. The summed E-state index contributed by atoms with van der Waals surface area (Å²) in [4.78, 5) is 10.1. The molecule has 0 spiro atoms. The molecule has 0 aliphatic heterocycles. The quantitative estimate of drug-likeness (QED) is 0.482. The summed E-state index contributed by atoms with van der Waals surface area (Å²) in [5.74, 6) is 1.33. The number of carbonyl (C=O) groups is 1. The zero-order chi connectivity index (χ0) is 9.68.